The van der Waals surface area contributed by atoms with Gasteiger partial charge in [0.15, 0.2) is 0 Å². The topological polar surface area (TPSA) is 98.1 Å². The van der Waals surface area contributed by atoms with E-state index in [1.54, 1.807) is 6.92 Å². The first-order chi connectivity index (χ1) is 5.18. The third-order valence-corrected chi connectivity index (χ3v) is 1.14. The fourth-order valence-electron chi connectivity index (χ4n) is 0.264. The summed E-state index contributed by atoms with van der Waals surface area (Å²) in [7, 11) is -2.79. The molecule has 0 aromatic heterocycles. The van der Waals surface area contributed by atoms with E-state index in [2.05, 4.69) is 0 Å². The number of rotatable bonds is 2. The van der Waals surface area contributed by atoms with Crippen molar-refractivity contribution in [3.63, 3.8) is 0 Å². The van der Waals surface area contributed by atoms with Gasteiger partial charge in [-0.25, -0.2) is 0 Å². The molecule has 6 nitrogen and oxygen atoms in total. The molecule has 0 radical (unpaired) electrons. The lowest BCUT2D eigenvalue weighted by Gasteiger charge is -2.16. The summed E-state index contributed by atoms with van der Waals surface area (Å²) in [4.78, 5) is 1.85. The minimum atomic E-state index is -4.67. The third-order valence-electron chi connectivity index (χ3n) is 1.14. The zero-order valence-corrected chi connectivity index (χ0v) is 8.11. The minimum absolute atomic E-state index is 0.301. The molecule has 0 amide bonds. The van der Waals surface area contributed by atoms with Crippen molar-refractivity contribution >= 4 is 10.4 Å². The molecule has 0 aliphatic carbocycles. The fraction of sp³-hybridized carbons (Fsp3) is 1.00. The van der Waals surface area contributed by atoms with Gasteiger partial charge in [-0.2, -0.15) is 8.42 Å². The molecule has 0 fully saturated rings. The Hall–Kier alpha value is -0.210. The molecule has 1 atom stereocenters. The highest BCUT2D eigenvalue weighted by Gasteiger charge is 1.97. The molecule has 0 aliphatic rings. The Morgan fingerprint density at radius 1 is 1.42 bits per heavy atom. The van der Waals surface area contributed by atoms with Crippen molar-refractivity contribution in [2.45, 2.75) is 20.1 Å². The summed E-state index contributed by atoms with van der Waals surface area (Å²) < 4.78 is 31.6. The zero-order chi connectivity index (χ0) is 10.4. The van der Waals surface area contributed by atoms with Gasteiger partial charge in [-0.05, 0) is 20.5 Å². The number of aliphatic hydroxyl groups excluding tert-OH is 1. The Kier molecular flexibility index (Phi) is 7.54. The normalized spacial score (nSPS) is 13.6. The molecule has 7 heteroatoms. The average molecular weight is 201 g/mol. The van der Waals surface area contributed by atoms with E-state index in [9.17, 15) is 0 Å². The van der Waals surface area contributed by atoms with Crippen LogP contribution in [-0.2, 0) is 10.4 Å². The van der Waals surface area contributed by atoms with Crippen molar-refractivity contribution in [2.75, 3.05) is 13.6 Å². The van der Waals surface area contributed by atoms with Crippen molar-refractivity contribution in [2.24, 2.45) is 0 Å². The van der Waals surface area contributed by atoms with Crippen molar-refractivity contribution < 1.29 is 22.6 Å². The van der Waals surface area contributed by atoms with Crippen LogP contribution in [0.5, 0.6) is 0 Å². The molecule has 3 N–H and O–H groups in total. The van der Waals surface area contributed by atoms with Crippen LogP contribution >= 0.6 is 0 Å². The number of aliphatic hydroxyl groups is 1. The minimum Gasteiger partial charge on any atom is -0.379 e. The SMILES string of the molecule is CCN(C)C(C)O.O=S(=O)(O)O. The van der Waals surface area contributed by atoms with Gasteiger partial charge in [-0.1, -0.05) is 6.92 Å². The first kappa shape index (κ1) is 14.3. The summed E-state index contributed by atoms with van der Waals surface area (Å²) in [5, 5.41) is 8.75. The molecule has 0 aromatic rings. The lowest BCUT2D eigenvalue weighted by molar-refractivity contribution is 0.0424. The van der Waals surface area contributed by atoms with Gasteiger partial charge in [0, 0.05) is 0 Å². The van der Waals surface area contributed by atoms with Crippen LogP contribution in [0.3, 0.4) is 0 Å². The first-order valence-electron chi connectivity index (χ1n) is 3.26. The maximum Gasteiger partial charge on any atom is 0.394 e. The van der Waals surface area contributed by atoms with E-state index in [1.807, 2.05) is 18.9 Å². The number of hydrogen-bond donors (Lipinski definition) is 3. The molecule has 0 aromatic carbocycles. The second-order valence-electron chi connectivity index (χ2n) is 2.15. The van der Waals surface area contributed by atoms with Crippen LogP contribution in [0.4, 0.5) is 0 Å². The maximum absolute atomic E-state index is 8.75. The quantitative estimate of drug-likeness (QED) is 0.416. The van der Waals surface area contributed by atoms with Gasteiger partial charge in [0.1, 0.15) is 6.23 Å². The van der Waals surface area contributed by atoms with E-state index in [-0.39, 0.29) is 6.23 Å². The Morgan fingerprint density at radius 3 is 1.67 bits per heavy atom. The monoisotopic (exact) mass is 201 g/mol. The van der Waals surface area contributed by atoms with Crippen LogP contribution in [0.1, 0.15) is 13.8 Å². The summed E-state index contributed by atoms with van der Waals surface area (Å²) >= 11 is 0. The molecule has 0 bridgehead atoms. The summed E-state index contributed by atoms with van der Waals surface area (Å²) in [5.74, 6) is 0. The van der Waals surface area contributed by atoms with Crippen molar-refractivity contribution in [3.8, 4) is 0 Å². The van der Waals surface area contributed by atoms with Gasteiger partial charge in [-0.3, -0.25) is 14.0 Å². The molecule has 0 aliphatic heterocycles. The highest BCUT2D eigenvalue weighted by molar-refractivity contribution is 7.79. The Morgan fingerprint density at radius 2 is 1.67 bits per heavy atom. The Balaban J connectivity index is 0. The predicted molar refractivity (Wildman–Crippen MR) is 44.2 cm³/mol. The van der Waals surface area contributed by atoms with Crippen molar-refractivity contribution in [1.82, 2.24) is 4.90 Å². The Labute approximate surface area is 72.4 Å². The third kappa shape index (κ3) is 22.6. The molecular formula is C5H15NO5S. The molecule has 0 saturated heterocycles. The standard InChI is InChI=1S/C5H13NO.H2O4S/c1-4-6(3)5(2)7;1-5(2,3)4/h5,7H,4H2,1-3H3;(H2,1,2,3,4). The van der Waals surface area contributed by atoms with Crippen LogP contribution in [0, 0.1) is 0 Å². The van der Waals surface area contributed by atoms with Crippen LogP contribution < -0.4 is 0 Å². The summed E-state index contributed by atoms with van der Waals surface area (Å²) in [6.07, 6.45) is -0.301. The molecule has 1 unspecified atom stereocenters. The highest BCUT2D eigenvalue weighted by Crippen LogP contribution is 1.85. The predicted octanol–water partition coefficient (Wildman–Crippen LogP) is -0.376. The second kappa shape index (κ2) is 6.32. The van der Waals surface area contributed by atoms with Gasteiger partial charge in [0.2, 0.25) is 0 Å². The molecule has 0 rings (SSSR count). The Bertz CT molecular complexity index is 180. The van der Waals surface area contributed by atoms with Gasteiger partial charge < -0.3 is 5.11 Å². The van der Waals surface area contributed by atoms with Crippen LogP contribution in [0.25, 0.3) is 0 Å². The number of nitrogens with zero attached hydrogens (tertiary/aromatic N) is 1. The van der Waals surface area contributed by atoms with Gasteiger partial charge in [0.25, 0.3) is 0 Å². The first-order valence-corrected chi connectivity index (χ1v) is 4.66. The van der Waals surface area contributed by atoms with E-state index in [0.29, 0.717) is 0 Å². The molecule has 12 heavy (non-hydrogen) atoms. The molecular weight excluding hydrogens is 186 g/mol. The average Bonchev–Trinajstić information content (AvgIpc) is 1.82. The highest BCUT2D eigenvalue weighted by atomic mass is 32.3. The molecule has 76 valence electrons. The van der Waals surface area contributed by atoms with Gasteiger partial charge >= 0.3 is 10.4 Å². The smallest absolute Gasteiger partial charge is 0.379 e. The lowest BCUT2D eigenvalue weighted by atomic mass is 10.5. The van der Waals surface area contributed by atoms with E-state index in [1.165, 1.54) is 0 Å². The van der Waals surface area contributed by atoms with Crippen molar-refractivity contribution in [3.05, 3.63) is 0 Å². The van der Waals surface area contributed by atoms with Crippen molar-refractivity contribution in [1.29, 1.82) is 0 Å². The van der Waals surface area contributed by atoms with E-state index >= 15 is 0 Å². The summed E-state index contributed by atoms with van der Waals surface area (Å²) in [5.41, 5.74) is 0. The van der Waals surface area contributed by atoms with Gasteiger partial charge in [0.05, 0.1) is 0 Å². The van der Waals surface area contributed by atoms with E-state index in [0.717, 1.165) is 6.54 Å². The zero-order valence-electron chi connectivity index (χ0n) is 7.30. The largest absolute Gasteiger partial charge is 0.394 e. The second-order valence-corrected chi connectivity index (χ2v) is 3.05. The van der Waals surface area contributed by atoms with Crippen LogP contribution in [0.15, 0.2) is 0 Å². The maximum atomic E-state index is 8.75. The summed E-state index contributed by atoms with van der Waals surface area (Å²) in [6.45, 7) is 4.66. The molecule has 0 heterocycles. The molecule has 0 saturated carbocycles. The lowest BCUT2D eigenvalue weighted by Crippen LogP contribution is -2.27. The summed E-state index contributed by atoms with van der Waals surface area (Å²) in [6, 6.07) is 0. The fourth-order valence-corrected chi connectivity index (χ4v) is 0.264. The van der Waals surface area contributed by atoms with Crippen LogP contribution in [0.2, 0.25) is 0 Å². The van der Waals surface area contributed by atoms with E-state index in [4.69, 9.17) is 22.6 Å². The van der Waals surface area contributed by atoms with Crippen LogP contribution in [-0.4, -0.2) is 47.4 Å². The number of hydrogen-bond acceptors (Lipinski definition) is 4. The van der Waals surface area contributed by atoms with E-state index < -0.39 is 10.4 Å². The van der Waals surface area contributed by atoms with Gasteiger partial charge in [-0.15, -0.1) is 0 Å². The molecule has 0 spiro atoms.